The largest absolute Gasteiger partial charge is 0.476 e. The minimum atomic E-state index is -0.520. The van der Waals surface area contributed by atoms with Crippen molar-refractivity contribution in [1.29, 1.82) is 0 Å². The molecule has 8 nitrogen and oxygen atoms in total. The third kappa shape index (κ3) is 4.51. The van der Waals surface area contributed by atoms with Crippen LogP contribution < -0.4 is 15.5 Å². The first kappa shape index (κ1) is 23.4. The second kappa shape index (κ2) is 9.71. The van der Waals surface area contributed by atoms with E-state index in [0.29, 0.717) is 26.2 Å². The second-order valence-electron chi connectivity index (χ2n) is 7.93. The lowest BCUT2D eigenvalue weighted by Crippen LogP contribution is -2.23. The van der Waals surface area contributed by atoms with E-state index in [1.54, 1.807) is 36.4 Å². The Labute approximate surface area is 212 Å². The molecule has 35 heavy (non-hydrogen) atoms. The molecule has 0 aliphatic heterocycles. The van der Waals surface area contributed by atoms with Crippen LogP contribution in [0.3, 0.4) is 0 Å². The topological polar surface area (TPSA) is 108 Å². The standard InChI is InChI=1S/C25H20BrNO7S/c1-31-25(30)20-14-7-3-5-9-17(14)35-24(20)27-19(28)12-32-23-21(29)13-6-2-4-8-15(13)34-22(23)16-10-11-18(26)33-16/h2,4,6,8,10-11H,3,5,7,9,12H2,1H3,(H,27,28). The molecule has 1 amide bonds. The van der Waals surface area contributed by atoms with Crippen molar-refractivity contribution in [3.63, 3.8) is 0 Å². The van der Waals surface area contributed by atoms with Gasteiger partial charge in [0.15, 0.2) is 17.0 Å². The van der Waals surface area contributed by atoms with Crippen molar-refractivity contribution in [2.75, 3.05) is 19.0 Å². The maximum absolute atomic E-state index is 13.2. The summed E-state index contributed by atoms with van der Waals surface area (Å²) < 4.78 is 22.6. The number of furan rings is 1. The molecular formula is C25H20BrNO7S. The fourth-order valence-corrected chi connectivity index (χ4v) is 5.73. The number of thiophene rings is 1. The average Bonchev–Trinajstić information content (AvgIpc) is 3.46. The Kier molecular flexibility index (Phi) is 6.48. The SMILES string of the molecule is COC(=O)c1c(NC(=O)COc2c(-c3ccc(Br)o3)oc3ccccc3c2=O)sc2c1CCCC2. The normalized spacial score (nSPS) is 12.9. The maximum atomic E-state index is 13.2. The van der Waals surface area contributed by atoms with Gasteiger partial charge in [0, 0.05) is 4.88 Å². The minimum absolute atomic E-state index is 0.0778. The Bertz CT molecular complexity index is 1500. The Morgan fingerprint density at radius 3 is 2.69 bits per heavy atom. The molecule has 180 valence electrons. The lowest BCUT2D eigenvalue weighted by atomic mass is 9.95. The maximum Gasteiger partial charge on any atom is 0.341 e. The van der Waals surface area contributed by atoms with Crippen LogP contribution >= 0.6 is 27.3 Å². The van der Waals surface area contributed by atoms with Crippen LogP contribution in [0.2, 0.25) is 0 Å². The van der Waals surface area contributed by atoms with Gasteiger partial charge in [0.1, 0.15) is 10.6 Å². The number of fused-ring (bicyclic) bond motifs is 2. The molecule has 0 saturated carbocycles. The summed E-state index contributed by atoms with van der Waals surface area (Å²) in [5.41, 5.74) is 1.27. The Morgan fingerprint density at radius 1 is 1.11 bits per heavy atom. The van der Waals surface area contributed by atoms with E-state index in [4.69, 9.17) is 18.3 Å². The van der Waals surface area contributed by atoms with E-state index in [-0.39, 0.29) is 17.3 Å². The van der Waals surface area contributed by atoms with Gasteiger partial charge in [0.2, 0.25) is 16.9 Å². The Morgan fingerprint density at radius 2 is 1.91 bits per heavy atom. The zero-order chi connectivity index (χ0) is 24.5. The molecule has 3 aromatic heterocycles. The summed E-state index contributed by atoms with van der Waals surface area (Å²) >= 11 is 4.62. The van der Waals surface area contributed by atoms with Gasteiger partial charge in [-0.1, -0.05) is 12.1 Å². The van der Waals surface area contributed by atoms with E-state index >= 15 is 0 Å². The smallest absolute Gasteiger partial charge is 0.341 e. The molecule has 10 heteroatoms. The van der Waals surface area contributed by atoms with Gasteiger partial charge in [-0.15, -0.1) is 11.3 Å². The van der Waals surface area contributed by atoms with Crippen molar-refractivity contribution in [2.45, 2.75) is 25.7 Å². The molecule has 0 spiro atoms. The van der Waals surface area contributed by atoms with Crippen molar-refractivity contribution >= 4 is 55.1 Å². The Hall–Kier alpha value is -3.37. The molecule has 0 saturated heterocycles. The summed E-state index contributed by atoms with van der Waals surface area (Å²) in [6.07, 6.45) is 3.64. The molecule has 4 aromatic rings. The zero-order valence-corrected chi connectivity index (χ0v) is 21.0. The number of nitrogens with one attached hydrogen (secondary N) is 1. The molecule has 1 aromatic carbocycles. The van der Waals surface area contributed by atoms with Crippen LogP contribution in [0.5, 0.6) is 5.75 Å². The van der Waals surface area contributed by atoms with Gasteiger partial charge in [-0.05, 0) is 71.4 Å². The van der Waals surface area contributed by atoms with Crippen LogP contribution in [0.4, 0.5) is 5.00 Å². The minimum Gasteiger partial charge on any atom is -0.476 e. The van der Waals surface area contributed by atoms with Gasteiger partial charge in [-0.2, -0.15) is 0 Å². The highest BCUT2D eigenvalue weighted by Gasteiger charge is 2.27. The third-order valence-corrected chi connectivity index (χ3v) is 7.35. The first-order chi connectivity index (χ1) is 17.0. The van der Waals surface area contributed by atoms with E-state index in [0.717, 1.165) is 36.1 Å². The first-order valence-electron chi connectivity index (χ1n) is 10.9. The predicted molar refractivity (Wildman–Crippen MR) is 134 cm³/mol. The lowest BCUT2D eigenvalue weighted by molar-refractivity contribution is -0.118. The summed E-state index contributed by atoms with van der Waals surface area (Å²) in [6.45, 7) is -0.471. The molecule has 0 radical (unpaired) electrons. The summed E-state index contributed by atoms with van der Waals surface area (Å²) in [4.78, 5) is 39.5. The molecule has 1 aliphatic carbocycles. The fraction of sp³-hybridized carbons (Fsp3) is 0.240. The van der Waals surface area contributed by atoms with Crippen LogP contribution in [0.1, 0.15) is 33.6 Å². The molecule has 5 rings (SSSR count). The second-order valence-corrected chi connectivity index (χ2v) is 9.82. The summed E-state index contributed by atoms with van der Waals surface area (Å²) in [6, 6.07) is 10.0. The van der Waals surface area contributed by atoms with Crippen molar-refractivity contribution in [2.24, 2.45) is 0 Å². The number of aryl methyl sites for hydroxylation is 1. The fourth-order valence-electron chi connectivity index (χ4n) is 4.13. The number of amides is 1. The number of rotatable bonds is 6. The van der Waals surface area contributed by atoms with Crippen molar-refractivity contribution in [1.82, 2.24) is 0 Å². The number of hydrogen-bond donors (Lipinski definition) is 1. The Balaban J connectivity index is 1.44. The average molecular weight is 558 g/mol. The summed E-state index contributed by atoms with van der Waals surface area (Å²) in [5, 5.41) is 3.51. The van der Waals surface area contributed by atoms with Crippen LogP contribution in [0.15, 0.2) is 54.7 Å². The van der Waals surface area contributed by atoms with Gasteiger partial charge in [-0.3, -0.25) is 9.59 Å². The number of methoxy groups -OCH3 is 1. The quantitative estimate of drug-likeness (QED) is 0.309. The number of hydrogen-bond acceptors (Lipinski definition) is 8. The molecular weight excluding hydrogens is 538 g/mol. The molecule has 0 unspecified atom stereocenters. The van der Waals surface area contributed by atoms with E-state index in [9.17, 15) is 14.4 Å². The number of para-hydroxylation sites is 1. The number of ether oxygens (including phenoxy) is 2. The van der Waals surface area contributed by atoms with E-state index in [2.05, 4.69) is 21.2 Å². The van der Waals surface area contributed by atoms with E-state index in [1.807, 2.05) is 0 Å². The lowest BCUT2D eigenvalue weighted by Gasteiger charge is -2.12. The van der Waals surface area contributed by atoms with Gasteiger partial charge < -0.3 is 23.6 Å². The van der Waals surface area contributed by atoms with Crippen molar-refractivity contribution in [3.05, 3.63) is 67.3 Å². The number of carbonyl (C=O) groups excluding carboxylic acids is 2. The van der Waals surface area contributed by atoms with Gasteiger partial charge in [-0.25, -0.2) is 4.79 Å². The third-order valence-electron chi connectivity index (χ3n) is 5.71. The molecule has 0 atom stereocenters. The number of carbonyl (C=O) groups is 2. The van der Waals surface area contributed by atoms with Gasteiger partial charge in [0.05, 0.1) is 18.1 Å². The first-order valence-corrected chi connectivity index (χ1v) is 12.5. The summed E-state index contributed by atoms with van der Waals surface area (Å²) in [7, 11) is 1.32. The number of benzene rings is 1. The highest BCUT2D eigenvalue weighted by Crippen LogP contribution is 2.39. The van der Waals surface area contributed by atoms with Crippen LogP contribution in [-0.2, 0) is 22.4 Å². The zero-order valence-electron chi connectivity index (χ0n) is 18.6. The van der Waals surface area contributed by atoms with Crippen molar-refractivity contribution in [3.8, 4) is 17.3 Å². The van der Waals surface area contributed by atoms with Gasteiger partial charge in [0.25, 0.3) is 5.91 Å². The number of anilines is 1. The van der Waals surface area contributed by atoms with Crippen LogP contribution in [0, 0.1) is 0 Å². The predicted octanol–water partition coefficient (Wildman–Crippen LogP) is 5.56. The van der Waals surface area contributed by atoms with Gasteiger partial charge >= 0.3 is 5.97 Å². The van der Waals surface area contributed by atoms with E-state index < -0.39 is 23.9 Å². The van der Waals surface area contributed by atoms with Crippen LogP contribution in [-0.4, -0.2) is 25.6 Å². The summed E-state index contributed by atoms with van der Waals surface area (Å²) in [5.74, 6) is -0.795. The highest BCUT2D eigenvalue weighted by molar-refractivity contribution is 9.10. The molecule has 0 fully saturated rings. The number of halogens is 1. The molecule has 1 N–H and O–H groups in total. The van der Waals surface area contributed by atoms with Crippen LogP contribution in [0.25, 0.3) is 22.5 Å². The van der Waals surface area contributed by atoms with Crippen molar-refractivity contribution < 1.29 is 27.9 Å². The highest BCUT2D eigenvalue weighted by atomic mass is 79.9. The molecule has 1 aliphatic rings. The molecule has 3 heterocycles. The molecule has 0 bridgehead atoms. The monoisotopic (exact) mass is 557 g/mol. The van der Waals surface area contributed by atoms with E-state index in [1.165, 1.54) is 18.4 Å². The number of esters is 1.